The summed E-state index contributed by atoms with van der Waals surface area (Å²) in [5, 5.41) is 2.72. The van der Waals surface area contributed by atoms with Crippen molar-refractivity contribution < 1.29 is 25.8 Å². The molecule has 0 bridgehead atoms. The van der Waals surface area contributed by atoms with Gasteiger partial charge >= 0.3 is 177 Å². The van der Waals surface area contributed by atoms with E-state index in [-0.39, 0.29) is 35.4 Å². The van der Waals surface area contributed by atoms with Gasteiger partial charge in [-0.15, -0.1) is 0 Å². The van der Waals surface area contributed by atoms with Gasteiger partial charge in [-0.1, -0.05) is 0 Å². The Balaban J connectivity index is 2.00. The number of halogens is 5. The number of aromatic nitrogens is 4. The van der Waals surface area contributed by atoms with Gasteiger partial charge in [0, 0.05) is 0 Å². The molecular weight excluding hydrogens is 523 g/mol. The van der Waals surface area contributed by atoms with Crippen LogP contribution in [0, 0.1) is 5.95 Å². The van der Waals surface area contributed by atoms with E-state index >= 15 is 0 Å². The van der Waals surface area contributed by atoms with Gasteiger partial charge in [0.25, 0.3) is 0 Å². The number of hydrogen-bond acceptors (Lipinski definition) is 8. The van der Waals surface area contributed by atoms with Crippen molar-refractivity contribution in [1.29, 1.82) is 0 Å². The van der Waals surface area contributed by atoms with Crippen molar-refractivity contribution in [2.45, 2.75) is 43.1 Å². The first-order chi connectivity index (χ1) is 13.9. The molecule has 1 aliphatic heterocycles. The fourth-order valence-electron chi connectivity index (χ4n) is 2.30. The van der Waals surface area contributed by atoms with Gasteiger partial charge in [-0.25, -0.2) is 0 Å². The normalized spacial score (nSPS) is 17.8. The zero-order valence-electron chi connectivity index (χ0n) is 16.2. The number of nitrogens with one attached hydrogen (secondary N) is 2. The topological polar surface area (TPSA) is 105 Å². The molecule has 13 heteroatoms. The van der Waals surface area contributed by atoms with Gasteiger partial charge in [0.1, 0.15) is 0 Å². The first-order valence-corrected chi connectivity index (χ1v) is 11.8. The number of rotatable bonds is 5. The molecule has 164 valence electrons. The standard InChI is InChI=1S/C17H19F4IN6O2/c1-16(2,3)30-28-15-26-13(10-4-6-17(20,21)22(29)12(10)19)25-14(27-15)24-9-5-7-23-11(18)8-9/h5,7-8,29H,4,6H2,1-3H3,(H2,23,24,25,26,27,28). The third kappa shape index (κ3) is 5.51. The van der Waals surface area contributed by atoms with Crippen LogP contribution < -0.4 is 10.8 Å². The Hall–Kier alpha value is -2.13. The van der Waals surface area contributed by atoms with Gasteiger partial charge in [-0.3, -0.25) is 0 Å². The number of nitrogens with zero attached hydrogens (tertiary/aromatic N) is 4. The number of pyridine rings is 1. The summed E-state index contributed by atoms with van der Waals surface area (Å²) in [4.78, 5) is 21.0. The van der Waals surface area contributed by atoms with E-state index in [4.69, 9.17) is 4.84 Å². The fourth-order valence-corrected chi connectivity index (χ4v) is 4.90. The van der Waals surface area contributed by atoms with Crippen LogP contribution in [0.1, 0.15) is 39.4 Å². The molecule has 30 heavy (non-hydrogen) atoms. The number of hydrogen-bond donors (Lipinski definition) is 3. The van der Waals surface area contributed by atoms with Gasteiger partial charge in [0.2, 0.25) is 0 Å². The summed E-state index contributed by atoms with van der Waals surface area (Å²) in [6, 6.07) is 2.53. The molecule has 0 spiro atoms. The second kappa shape index (κ2) is 8.55. The van der Waals surface area contributed by atoms with Gasteiger partial charge < -0.3 is 0 Å². The fraction of sp³-hybridized carbons (Fsp3) is 0.412. The van der Waals surface area contributed by atoms with E-state index in [1.54, 1.807) is 20.8 Å². The van der Waals surface area contributed by atoms with Crippen LogP contribution in [0.5, 0.6) is 0 Å². The minimum atomic E-state index is -4.32. The van der Waals surface area contributed by atoms with Crippen LogP contribution in [-0.2, 0) is 4.84 Å². The van der Waals surface area contributed by atoms with Gasteiger partial charge in [-0.05, 0) is 0 Å². The molecule has 3 heterocycles. The van der Waals surface area contributed by atoms with Crippen molar-refractivity contribution in [3.8, 4) is 0 Å². The Labute approximate surface area is 177 Å². The van der Waals surface area contributed by atoms with Crippen LogP contribution in [0.25, 0.3) is 5.57 Å². The van der Waals surface area contributed by atoms with Gasteiger partial charge in [0.05, 0.1) is 0 Å². The molecule has 0 aliphatic carbocycles. The summed E-state index contributed by atoms with van der Waals surface area (Å²) in [7, 11) is 0. The van der Waals surface area contributed by atoms with Crippen LogP contribution in [0.2, 0.25) is 0 Å². The molecule has 0 atom stereocenters. The number of allylic oxidation sites excluding steroid dienone is 1. The molecular formula is C17H19F4IN6O2. The summed E-state index contributed by atoms with van der Waals surface area (Å²) in [5.41, 5.74) is 1.93. The van der Waals surface area contributed by atoms with E-state index in [2.05, 4.69) is 30.7 Å². The molecule has 1 aliphatic rings. The van der Waals surface area contributed by atoms with E-state index in [0.717, 1.165) is 6.07 Å². The molecule has 0 fully saturated rings. The zero-order valence-corrected chi connectivity index (χ0v) is 18.3. The molecule has 0 aromatic carbocycles. The predicted octanol–water partition coefficient (Wildman–Crippen LogP) is 4.73. The average molecular weight is 542 g/mol. The van der Waals surface area contributed by atoms with Crippen LogP contribution >= 0.6 is 20.2 Å². The van der Waals surface area contributed by atoms with Crippen LogP contribution in [-0.4, -0.2) is 32.9 Å². The summed E-state index contributed by atoms with van der Waals surface area (Å²) in [6.45, 7) is 5.28. The second-order valence-electron chi connectivity index (χ2n) is 7.23. The molecule has 0 amide bonds. The Bertz CT molecular complexity index is 970. The molecule has 0 radical (unpaired) electrons. The average Bonchev–Trinajstić information content (AvgIpc) is 2.64. The summed E-state index contributed by atoms with van der Waals surface area (Å²) in [5.74, 6) is -1.21. The Morgan fingerprint density at radius 1 is 1.17 bits per heavy atom. The van der Waals surface area contributed by atoms with Crippen LogP contribution in [0.15, 0.2) is 22.2 Å². The van der Waals surface area contributed by atoms with Gasteiger partial charge in [0.15, 0.2) is 0 Å². The monoisotopic (exact) mass is 542 g/mol. The molecule has 3 rings (SSSR count). The Morgan fingerprint density at radius 2 is 1.87 bits per heavy atom. The SMILES string of the molecule is CC(C)(C)ONc1nc(Nc2ccnc(F)c2)nc(C2=C(F)I(O)C(F)(F)CC2)n1. The molecule has 2 aromatic heterocycles. The van der Waals surface area contributed by atoms with Crippen molar-refractivity contribution in [3.63, 3.8) is 0 Å². The number of anilines is 3. The minimum absolute atomic E-state index is 0.110. The van der Waals surface area contributed by atoms with E-state index in [0.29, 0.717) is 0 Å². The van der Waals surface area contributed by atoms with Crippen molar-refractivity contribution in [1.82, 2.24) is 19.9 Å². The van der Waals surface area contributed by atoms with Crippen LogP contribution in [0.3, 0.4) is 0 Å². The zero-order chi connectivity index (χ0) is 22.1. The second-order valence-corrected chi connectivity index (χ2v) is 11.3. The van der Waals surface area contributed by atoms with Crippen molar-refractivity contribution in [3.05, 3.63) is 33.9 Å². The Kier molecular flexibility index (Phi) is 6.43. The molecule has 8 nitrogen and oxygen atoms in total. The maximum absolute atomic E-state index is 14.5. The summed E-state index contributed by atoms with van der Waals surface area (Å²) >= 11 is -4.32. The third-order valence-electron chi connectivity index (χ3n) is 3.64. The quantitative estimate of drug-likeness (QED) is 0.164. The molecule has 3 N–H and O–H groups in total. The summed E-state index contributed by atoms with van der Waals surface area (Å²) in [6.07, 6.45) is 0.151. The van der Waals surface area contributed by atoms with Crippen molar-refractivity contribution in [2.24, 2.45) is 0 Å². The van der Waals surface area contributed by atoms with E-state index in [9.17, 15) is 21.0 Å². The molecule has 0 saturated carbocycles. The van der Waals surface area contributed by atoms with Crippen molar-refractivity contribution in [2.75, 3.05) is 10.8 Å². The van der Waals surface area contributed by atoms with Crippen LogP contribution in [0.4, 0.5) is 35.1 Å². The third-order valence-corrected chi connectivity index (χ3v) is 7.22. The van der Waals surface area contributed by atoms with E-state index in [1.165, 1.54) is 12.3 Å². The molecule has 2 aromatic rings. The number of alkyl halides is 3. The summed E-state index contributed by atoms with van der Waals surface area (Å²) < 4.78 is 60.3. The molecule has 0 saturated heterocycles. The van der Waals surface area contributed by atoms with Crippen molar-refractivity contribution >= 4 is 43.4 Å². The Morgan fingerprint density at radius 3 is 2.53 bits per heavy atom. The first-order valence-electron chi connectivity index (χ1n) is 8.69. The maximum atomic E-state index is 14.5. The van der Waals surface area contributed by atoms with E-state index in [1.807, 2.05) is 0 Å². The molecule has 0 unspecified atom stereocenters. The van der Waals surface area contributed by atoms with E-state index < -0.39 is 46.0 Å². The van der Waals surface area contributed by atoms with Gasteiger partial charge in [-0.2, -0.15) is 0 Å². The predicted molar refractivity (Wildman–Crippen MR) is 110 cm³/mol. The first kappa shape index (κ1) is 22.6.